The molecule has 3 aromatic rings. The number of primary amides is 1. The fraction of sp³-hybridized carbons (Fsp3) is 0.269. The number of fused-ring (bicyclic) bond motifs is 1. The molecule has 6 nitrogen and oxygen atoms in total. The lowest BCUT2D eigenvalue weighted by molar-refractivity contribution is -0.106. The molecule has 4 rings (SSSR count). The molecule has 1 atom stereocenters. The van der Waals surface area contributed by atoms with Crippen LogP contribution in [0.5, 0.6) is 11.5 Å². The van der Waals surface area contributed by atoms with Gasteiger partial charge in [0, 0.05) is 29.2 Å². The topological polar surface area (TPSA) is 93.8 Å². The van der Waals surface area contributed by atoms with E-state index in [0.717, 1.165) is 5.56 Å². The van der Waals surface area contributed by atoms with Crippen molar-refractivity contribution in [2.45, 2.75) is 19.4 Å². The zero-order chi connectivity index (χ0) is 26.0. The number of hydrogen-bond donors (Lipinski definition) is 3. The van der Waals surface area contributed by atoms with Crippen molar-refractivity contribution < 1.29 is 28.2 Å². The minimum Gasteiger partial charge on any atom is -0.488 e. The van der Waals surface area contributed by atoms with E-state index in [9.17, 15) is 4.39 Å². The standard InChI is InChI=1S/C23H19ClF2O3.C2H7N.CH3NO/c1-13-7-8-17(28-10-9-27)23(26)20(13)21-15-11-18(14-5-3-2-4-6-14)29-19(15)12-16(25)22(21)24;1-3-2;2-1-3/h2-8,12,18,27H,9-11H2,1H3;3H,1-2H3;1H,(H2,2,3). The van der Waals surface area contributed by atoms with Gasteiger partial charge in [0.2, 0.25) is 6.41 Å². The molecule has 0 saturated heterocycles. The Labute approximate surface area is 208 Å². The number of benzene rings is 3. The number of carbonyl (C=O) groups excluding carboxylic acids is 1. The van der Waals surface area contributed by atoms with Crippen LogP contribution < -0.4 is 20.5 Å². The minimum atomic E-state index is -0.672. The molecule has 1 unspecified atom stereocenters. The molecule has 0 saturated carbocycles. The summed E-state index contributed by atoms with van der Waals surface area (Å²) in [4.78, 5) is 8.58. The van der Waals surface area contributed by atoms with Gasteiger partial charge in [0.25, 0.3) is 0 Å². The number of aliphatic hydroxyl groups excluding tert-OH is 1. The summed E-state index contributed by atoms with van der Waals surface area (Å²) < 4.78 is 41.2. The Hall–Kier alpha value is -3.20. The molecule has 4 N–H and O–H groups in total. The highest BCUT2D eigenvalue weighted by Crippen LogP contribution is 2.48. The van der Waals surface area contributed by atoms with Crippen LogP contribution in [0.15, 0.2) is 48.5 Å². The third-order valence-electron chi connectivity index (χ3n) is 5.03. The first kappa shape index (κ1) is 28.0. The zero-order valence-electron chi connectivity index (χ0n) is 19.8. The van der Waals surface area contributed by atoms with Gasteiger partial charge in [-0.15, -0.1) is 0 Å². The van der Waals surface area contributed by atoms with Crippen molar-refractivity contribution in [1.82, 2.24) is 5.32 Å². The maximum absolute atomic E-state index is 15.3. The van der Waals surface area contributed by atoms with E-state index in [1.54, 1.807) is 13.0 Å². The van der Waals surface area contributed by atoms with E-state index in [4.69, 9.17) is 31.0 Å². The van der Waals surface area contributed by atoms with Gasteiger partial charge < -0.3 is 25.6 Å². The highest BCUT2D eigenvalue weighted by atomic mass is 35.5. The lowest BCUT2D eigenvalue weighted by Crippen LogP contribution is -2.05. The molecule has 35 heavy (non-hydrogen) atoms. The summed E-state index contributed by atoms with van der Waals surface area (Å²) in [7, 11) is 3.75. The van der Waals surface area contributed by atoms with E-state index in [1.165, 1.54) is 12.1 Å². The molecule has 0 radical (unpaired) electrons. The highest BCUT2D eigenvalue weighted by Gasteiger charge is 2.32. The van der Waals surface area contributed by atoms with E-state index < -0.39 is 11.6 Å². The molecule has 1 aliphatic heterocycles. The molecule has 1 heterocycles. The molecular formula is C26H29ClF2N2O4. The Kier molecular flexibility index (Phi) is 10.9. The number of aliphatic hydroxyl groups is 1. The Morgan fingerprint density at radius 1 is 1.20 bits per heavy atom. The Balaban J connectivity index is 0.000000655. The average Bonchev–Trinajstić information content (AvgIpc) is 3.26. The number of amides is 1. The Morgan fingerprint density at radius 2 is 1.83 bits per heavy atom. The molecule has 1 aliphatic rings. The van der Waals surface area contributed by atoms with E-state index in [-0.39, 0.29) is 47.6 Å². The van der Waals surface area contributed by atoms with Crippen molar-refractivity contribution in [3.8, 4) is 22.6 Å². The van der Waals surface area contributed by atoms with E-state index in [0.29, 0.717) is 23.3 Å². The largest absolute Gasteiger partial charge is 0.488 e. The molecule has 9 heteroatoms. The van der Waals surface area contributed by atoms with Crippen molar-refractivity contribution in [2.24, 2.45) is 5.73 Å². The van der Waals surface area contributed by atoms with Crippen LogP contribution >= 0.6 is 11.6 Å². The van der Waals surface area contributed by atoms with Crippen molar-refractivity contribution in [1.29, 1.82) is 0 Å². The third-order valence-corrected chi connectivity index (χ3v) is 5.40. The SMILES string of the molecule is CNC.Cc1ccc(OCCO)c(F)c1-c1c(Cl)c(F)cc2c1CC(c1ccccc1)O2.NC=O. The summed E-state index contributed by atoms with van der Waals surface area (Å²) in [6.07, 6.45) is 0.384. The predicted octanol–water partition coefficient (Wildman–Crippen LogP) is 4.58. The second kappa shape index (κ2) is 13.6. The molecule has 0 fully saturated rings. The van der Waals surface area contributed by atoms with Crippen LogP contribution in [-0.4, -0.2) is 38.8 Å². The van der Waals surface area contributed by atoms with Gasteiger partial charge in [0.1, 0.15) is 24.3 Å². The van der Waals surface area contributed by atoms with Gasteiger partial charge in [0.05, 0.1) is 11.6 Å². The summed E-state index contributed by atoms with van der Waals surface area (Å²) in [5.74, 6) is -0.977. The summed E-state index contributed by atoms with van der Waals surface area (Å²) in [5, 5.41) is 11.6. The third kappa shape index (κ3) is 6.69. The lowest BCUT2D eigenvalue weighted by Gasteiger charge is -2.16. The fourth-order valence-corrected chi connectivity index (χ4v) is 3.93. The fourth-order valence-electron chi connectivity index (χ4n) is 3.67. The number of aryl methyl sites for hydroxylation is 1. The maximum Gasteiger partial charge on any atom is 0.204 e. The van der Waals surface area contributed by atoms with Crippen LogP contribution in [0, 0.1) is 18.6 Å². The lowest BCUT2D eigenvalue weighted by atomic mass is 9.91. The van der Waals surface area contributed by atoms with E-state index in [1.807, 2.05) is 44.4 Å². The zero-order valence-corrected chi connectivity index (χ0v) is 20.5. The number of hydrogen-bond acceptors (Lipinski definition) is 5. The van der Waals surface area contributed by atoms with E-state index in [2.05, 4.69) is 11.1 Å². The van der Waals surface area contributed by atoms with Crippen molar-refractivity contribution in [3.63, 3.8) is 0 Å². The molecule has 3 aromatic carbocycles. The molecule has 0 aromatic heterocycles. The summed E-state index contributed by atoms with van der Waals surface area (Å²) in [6, 6.07) is 14.0. The van der Waals surface area contributed by atoms with Gasteiger partial charge >= 0.3 is 0 Å². The quantitative estimate of drug-likeness (QED) is 0.440. The van der Waals surface area contributed by atoms with Crippen LogP contribution in [0.2, 0.25) is 5.02 Å². The normalized spacial score (nSPS) is 13.4. The van der Waals surface area contributed by atoms with Crippen LogP contribution in [0.3, 0.4) is 0 Å². The van der Waals surface area contributed by atoms with Crippen LogP contribution in [-0.2, 0) is 11.2 Å². The number of nitrogens with one attached hydrogen (secondary N) is 1. The number of halogens is 3. The number of ether oxygens (including phenoxy) is 2. The van der Waals surface area contributed by atoms with Gasteiger partial charge in [-0.1, -0.05) is 48.0 Å². The molecular weight excluding hydrogens is 478 g/mol. The monoisotopic (exact) mass is 506 g/mol. The second-order valence-corrected chi connectivity index (χ2v) is 7.90. The second-order valence-electron chi connectivity index (χ2n) is 7.52. The summed E-state index contributed by atoms with van der Waals surface area (Å²) >= 11 is 6.33. The first-order valence-corrected chi connectivity index (χ1v) is 11.2. The van der Waals surface area contributed by atoms with Crippen molar-refractivity contribution in [3.05, 3.63) is 81.9 Å². The minimum absolute atomic E-state index is 0.0211. The maximum atomic E-state index is 15.3. The molecule has 188 valence electrons. The smallest absolute Gasteiger partial charge is 0.204 e. The van der Waals surface area contributed by atoms with Crippen molar-refractivity contribution in [2.75, 3.05) is 27.3 Å². The van der Waals surface area contributed by atoms with Gasteiger partial charge in [-0.3, -0.25) is 4.79 Å². The number of nitrogens with two attached hydrogens (primary N) is 1. The molecule has 0 spiro atoms. The van der Waals surface area contributed by atoms with Gasteiger partial charge in [-0.25, -0.2) is 8.78 Å². The highest BCUT2D eigenvalue weighted by molar-refractivity contribution is 6.34. The molecule has 0 aliphatic carbocycles. The first-order chi connectivity index (χ1) is 16.8. The van der Waals surface area contributed by atoms with Gasteiger partial charge in [-0.2, -0.15) is 0 Å². The van der Waals surface area contributed by atoms with Crippen molar-refractivity contribution >= 4 is 18.0 Å². The average molecular weight is 507 g/mol. The first-order valence-electron chi connectivity index (χ1n) is 10.8. The Morgan fingerprint density at radius 3 is 2.43 bits per heavy atom. The summed E-state index contributed by atoms with van der Waals surface area (Å²) in [5.41, 5.74) is 6.83. The van der Waals surface area contributed by atoms with Crippen LogP contribution in [0.1, 0.15) is 22.8 Å². The van der Waals surface area contributed by atoms with Gasteiger partial charge in [0.15, 0.2) is 11.6 Å². The predicted molar refractivity (Wildman–Crippen MR) is 133 cm³/mol. The van der Waals surface area contributed by atoms with E-state index >= 15 is 4.39 Å². The van der Waals surface area contributed by atoms with Gasteiger partial charge in [-0.05, 0) is 38.2 Å². The molecule has 0 bridgehead atoms. The summed E-state index contributed by atoms with van der Waals surface area (Å²) in [6.45, 7) is 1.44. The number of carbonyl (C=O) groups is 1. The Bertz CT molecular complexity index is 1130. The van der Waals surface area contributed by atoms with Crippen LogP contribution in [0.25, 0.3) is 11.1 Å². The van der Waals surface area contributed by atoms with Crippen LogP contribution in [0.4, 0.5) is 8.78 Å². The number of rotatable bonds is 5. The molecule has 1 amide bonds.